The van der Waals surface area contributed by atoms with Crippen LogP contribution in [0.4, 0.5) is 5.69 Å². The number of carbonyl (C=O) groups is 1. The molecule has 1 N–H and O–H groups in total. The van der Waals surface area contributed by atoms with Crippen LogP contribution in [-0.4, -0.2) is 46.7 Å². The molecule has 1 aliphatic heterocycles. The number of sulfonamides is 1. The lowest BCUT2D eigenvalue weighted by Crippen LogP contribution is -2.41. The Balaban J connectivity index is 1.46. The van der Waals surface area contributed by atoms with Gasteiger partial charge in [0, 0.05) is 24.7 Å². The molecule has 0 atom stereocenters. The van der Waals surface area contributed by atoms with Crippen molar-refractivity contribution < 1.29 is 17.7 Å². The fraction of sp³-hybridized carbons (Fsp3) is 0.409. The molecular weight excluding hydrogens is 430 g/mol. The molecule has 9 nitrogen and oxygen atoms in total. The van der Waals surface area contributed by atoms with Gasteiger partial charge in [-0.2, -0.15) is 9.40 Å². The molecule has 0 saturated carbocycles. The fourth-order valence-electron chi connectivity index (χ4n) is 4.20. The van der Waals surface area contributed by atoms with Crippen LogP contribution in [0.5, 0.6) is 0 Å². The number of aryl methyl sites for hydroxylation is 4. The first kappa shape index (κ1) is 22.2. The van der Waals surface area contributed by atoms with Crippen LogP contribution in [-0.2, 0) is 14.8 Å². The summed E-state index contributed by atoms with van der Waals surface area (Å²) in [5.41, 5.74) is 3.69. The molecule has 0 radical (unpaired) electrons. The summed E-state index contributed by atoms with van der Waals surface area (Å²) in [6.07, 6.45) is 0.882. The van der Waals surface area contributed by atoms with E-state index < -0.39 is 10.0 Å². The van der Waals surface area contributed by atoms with E-state index in [9.17, 15) is 13.2 Å². The Morgan fingerprint density at radius 2 is 1.81 bits per heavy atom. The van der Waals surface area contributed by atoms with Gasteiger partial charge in [-0.1, -0.05) is 17.3 Å². The van der Waals surface area contributed by atoms with Crippen molar-refractivity contribution in [2.45, 2.75) is 45.4 Å². The van der Waals surface area contributed by atoms with Gasteiger partial charge in [-0.05, 0) is 58.7 Å². The number of para-hydroxylation sites is 2. The summed E-state index contributed by atoms with van der Waals surface area (Å²) in [5, 5.41) is 11.3. The van der Waals surface area contributed by atoms with Gasteiger partial charge in [0.1, 0.15) is 10.6 Å². The molecule has 1 aromatic carbocycles. The second-order valence-electron chi connectivity index (χ2n) is 8.18. The molecule has 170 valence electrons. The first-order valence-electron chi connectivity index (χ1n) is 10.5. The molecule has 1 saturated heterocycles. The summed E-state index contributed by atoms with van der Waals surface area (Å²) in [7, 11) is -3.70. The first-order chi connectivity index (χ1) is 15.2. The van der Waals surface area contributed by atoms with Gasteiger partial charge in [-0.15, -0.1) is 0 Å². The van der Waals surface area contributed by atoms with Gasteiger partial charge in [-0.3, -0.25) is 4.79 Å². The highest BCUT2D eigenvalue weighted by Crippen LogP contribution is 2.29. The maximum Gasteiger partial charge on any atom is 0.248 e. The number of carbonyl (C=O) groups excluding carboxylic acids is 1. The maximum absolute atomic E-state index is 13.0. The van der Waals surface area contributed by atoms with Crippen molar-refractivity contribution in [1.82, 2.24) is 19.2 Å². The van der Waals surface area contributed by atoms with Crippen LogP contribution in [0, 0.1) is 33.6 Å². The monoisotopic (exact) mass is 457 g/mol. The molecule has 1 aliphatic rings. The summed E-state index contributed by atoms with van der Waals surface area (Å²) in [5.74, 6) is -0.115. The number of hydrogen-bond donors (Lipinski definition) is 1. The minimum atomic E-state index is -3.70. The largest absolute Gasteiger partial charge is 0.360 e. The SMILES string of the molecule is Cc1cc(C)n(-c2ccccc2NC(=O)C2CCN(S(=O)(=O)c3c(C)noc3C)CC2)n1. The van der Waals surface area contributed by atoms with Gasteiger partial charge < -0.3 is 9.84 Å². The average Bonchev–Trinajstić information content (AvgIpc) is 3.28. The van der Waals surface area contributed by atoms with Gasteiger partial charge in [-0.25, -0.2) is 13.1 Å². The molecule has 1 amide bonds. The second kappa shape index (κ2) is 8.51. The van der Waals surface area contributed by atoms with E-state index in [0.717, 1.165) is 17.1 Å². The number of amides is 1. The number of piperidine rings is 1. The smallest absolute Gasteiger partial charge is 0.248 e. The lowest BCUT2D eigenvalue weighted by molar-refractivity contribution is -0.120. The maximum atomic E-state index is 13.0. The van der Waals surface area contributed by atoms with E-state index in [0.29, 0.717) is 24.2 Å². The zero-order chi connectivity index (χ0) is 23.0. The normalized spacial score (nSPS) is 15.8. The van der Waals surface area contributed by atoms with Crippen LogP contribution >= 0.6 is 0 Å². The molecule has 32 heavy (non-hydrogen) atoms. The number of nitrogens with zero attached hydrogens (tertiary/aromatic N) is 4. The van der Waals surface area contributed by atoms with Crippen LogP contribution in [0.1, 0.15) is 35.7 Å². The van der Waals surface area contributed by atoms with Crippen LogP contribution in [0.3, 0.4) is 0 Å². The molecule has 2 aromatic heterocycles. The van der Waals surface area contributed by atoms with E-state index in [-0.39, 0.29) is 35.6 Å². The summed E-state index contributed by atoms with van der Waals surface area (Å²) in [6, 6.07) is 9.51. The highest BCUT2D eigenvalue weighted by atomic mass is 32.2. The molecule has 0 aliphatic carbocycles. The van der Waals surface area contributed by atoms with Crippen LogP contribution in [0.25, 0.3) is 5.69 Å². The predicted molar refractivity (Wildman–Crippen MR) is 119 cm³/mol. The van der Waals surface area contributed by atoms with E-state index >= 15 is 0 Å². The molecule has 1 fully saturated rings. The molecule has 10 heteroatoms. The Kier molecular flexibility index (Phi) is 5.91. The van der Waals surface area contributed by atoms with Crippen molar-refractivity contribution in [1.29, 1.82) is 0 Å². The predicted octanol–water partition coefficient (Wildman–Crippen LogP) is 3.13. The standard InChI is InChI=1S/C22H27N5O4S/c1-14-13-15(2)27(24-14)20-8-6-5-7-19(20)23-22(28)18-9-11-26(12-10-18)32(29,30)21-16(3)25-31-17(21)4/h5-8,13,18H,9-12H2,1-4H3,(H,23,28). The van der Waals surface area contributed by atoms with Crippen molar-refractivity contribution in [2.75, 3.05) is 18.4 Å². The Bertz CT molecular complexity index is 1230. The highest BCUT2D eigenvalue weighted by Gasteiger charge is 2.35. The number of rotatable bonds is 5. The zero-order valence-corrected chi connectivity index (χ0v) is 19.4. The van der Waals surface area contributed by atoms with Gasteiger partial charge >= 0.3 is 0 Å². The Hall–Kier alpha value is -2.98. The molecular formula is C22H27N5O4S. The number of aromatic nitrogens is 3. The van der Waals surface area contributed by atoms with Gasteiger partial charge in [0.2, 0.25) is 15.9 Å². The summed E-state index contributed by atoms with van der Waals surface area (Å²) in [6.45, 7) is 7.63. The first-order valence-corrected chi connectivity index (χ1v) is 12.0. The molecule has 3 heterocycles. The lowest BCUT2D eigenvalue weighted by atomic mass is 9.97. The third kappa shape index (κ3) is 4.07. The lowest BCUT2D eigenvalue weighted by Gasteiger charge is -2.30. The molecule has 0 unspecified atom stereocenters. The van der Waals surface area contributed by atoms with Crippen molar-refractivity contribution in [2.24, 2.45) is 5.92 Å². The minimum absolute atomic E-state index is 0.117. The summed E-state index contributed by atoms with van der Waals surface area (Å²) >= 11 is 0. The van der Waals surface area contributed by atoms with Crippen LogP contribution in [0.2, 0.25) is 0 Å². The topological polar surface area (TPSA) is 110 Å². The van der Waals surface area contributed by atoms with Crippen LogP contribution in [0.15, 0.2) is 39.8 Å². The van der Waals surface area contributed by atoms with Crippen molar-refractivity contribution in [3.63, 3.8) is 0 Å². The van der Waals surface area contributed by atoms with E-state index in [1.165, 1.54) is 4.31 Å². The van der Waals surface area contributed by atoms with Crippen molar-refractivity contribution in [3.8, 4) is 5.69 Å². The van der Waals surface area contributed by atoms with E-state index in [2.05, 4.69) is 15.6 Å². The number of nitrogens with one attached hydrogen (secondary N) is 1. The van der Waals surface area contributed by atoms with Crippen LogP contribution < -0.4 is 5.32 Å². The third-order valence-corrected chi connectivity index (χ3v) is 7.93. The number of anilines is 1. The summed E-state index contributed by atoms with van der Waals surface area (Å²) in [4.78, 5) is 13.1. The van der Waals surface area contributed by atoms with Gasteiger partial charge in [0.25, 0.3) is 0 Å². The van der Waals surface area contributed by atoms with E-state index in [1.54, 1.807) is 13.8 Å². The average molecular weight is 458 g/mol. The molecule has 0 bridgehead atoms. The number of hydrogen-bond acceptors (Lipinski definition) is 6. The van der Waals surface area contributed by atoms with Gasteiger partial charge in [0.05, 0.1) is 17.1 Å². The highest BCUT2D eigenvalue weighted by molar-refractivity contribution is 7.89. The second-order valence-corrected chi connectivity index (χ2v) is 10.1. The molecule has 3 aromatic rings. The van der Waals surface area contributed by atoms with Crippen molar-refractivity contribution in [3.05, 3.63) is 53.2 Å². The quantitative estimate of drug-likeness (QED) is 0.630. The Morgan fingerprint density at radius 3 is 2.41 bits per heavy atom. The molecule has 4 rings (SSSR count). The number of benzene rings is 1. The van der Waals surface area contributed by atoms with Crippen molar-refractivity contribution >= 4 is 21.6 Å². The molecule has 0 spiro atoms. The Morgan fingerprint density at radius 1 is 1.12 bits per heavy atom. The zero-order valence-electron chi connectivity index (χ0n) is 18.6. The van der Waals surface area contributed by atoms with Gasteiger partial charge in [0.15, 0.2) is 5.76 Å². The summed E-state index contributed by atoms with van der Waals surface area (Å²) < 4.78 is 34.3. The van der Waals surface area contributed by atoms with E-state index in [4.69, 9.17) is 4.52 Å². The Labute approximate surface area is 187 Å². The minimum Gasteiger partial charge on any atom is -0.360 e. The van der Waals surface area contributed by atoms with E-state index in [1.807, 2.05) is 48.9 Å². The third-order valence-electron chi connectivity index (χ3n) is 5.79. The fourth-order valence-corrected chi connectivity index (χ4v) is 5.96.